The van der Waals surface area contributed by atoms with E-state index < -0.39 is 22.0 Å². The highest BCUT2D eigenvalue weighted by molar-refractivity contribution is 7.89. The van der Waals surface area contributed by atoms with Crippen molar-refractivity contribution in [3.05, 3.63) is 42.0 Å². The van der Waals surface area contributed by atoms with E-state index in [9.17, 15) is 22.8 Å². The second-order valence-corrected chi connectivity index (χ2v) is 10.2. The van der Waals surface area contributed by atoms with E-state index in [0.29, 0.717) is 44.7 Å². The Balaban J connectivity index is 1.36. The fraction of sp³-hybridized carbons (Fsp3) is 0.500. The molecular formula is C22H27N3O6S. The van der Waals surface area contributed by atoms with Crippen molar-refractivity contribution in [2.24, 2.45) is 11.8 Å². The summed E-state index contributed by atoms with van der Waals surface area (Å²) in [6.45, 7) is 3.11. The van der Waals surface area contributed by atoms with Crippen molar-refractivity contribution < 1.29 is 27.5 Å². The van der Waals surface area contributed by atoms with E-state index in [1.54, 1.807) is 19.1 Å². The van der Waals surface area contributed by atoms with Gasteiger partial charge in [-0.1, -0.05) is 24.3 Å². The smallest absolute Gasteiger partial charge is 0.243 e. The second-order valence-electron chi connectivity index (χ2n) is 8.26. The van der Waals surface area contributed by atoms with Crippen LogP contribution < -0.4 is 5.32 Å². The summed E-state index contributed by atoms with van der Waals surface area (Å²) in [5, 5.41) is 2.74. The van der Waals surface area contributed by atoms with Crippen LogP contribution in [-0.2, 0) is 35.7 Å². The highest BCUT2D eigenvalue weighted by Gasteiger charge is 2.50. The SMILES string of the molecule is C[C@H](C(=O)NCc1ccc(S(=O)(=O)N2CCOCC2)cc1)N1C(=O)[C@@H]2CC=CC[C@H]2C1=O. The van der Waals surface area contributed by atoms with Crippen molar-refractivity contribution in [3.63, 3.8) is 0 Å². The quantitative estimate of drug-likeness (QED) is 0.492. The minimum atomic E-state index is -3.58. The van der Waals surface area contributed by atoms with Gasteiger partial charge in [0, 0.05) is 19.6 Å². The highest BCUT2D eigenvalue weighted by atomic mass is 32.2. The first-order chi connectivity index (χ1) is 15.3. The topological polar surface area (TPSA) is 113 Å². The van der Waals surface area contributed by atoms with Gasteiger partial charge >= 0.3 is 0 Å². The molecule has 32 heavy (non-hydrogen) atoms. The summed E-state index contributed by atoms with van der Waals surface area (Å²) >= 11 is 0. The average molecular weight is 462 g/mol. The highest BCUT2D eigenvalue weighted by Crippen LogP contribution is 2.36. The van der Waals surface area contributed by atoms with Crippen LogP contribution in [0.15, 0.2) is 41.3 Å². The molecule has 2 heterocycles. The lowest BCUT2D eigenvalue weighted by molar-refractivity contribution is -0.147. The molecule has 1 aromatic rings. The zero-order valence-corrected chi connectivity index (χ0v) is 18.7. The summed E-state index contributed by atoms with van der Waals surface area (Å²) in [6, 6.07) is 5.42. The summed E-state index contributed by atoms with van der Waals surface area (Å²) in [5.74, 6) is -1.75. The normalized spacial score (nSPS) is 25.0. The van der Waals surface area contributed by atoms with Gasteiger partial charge in [0.2, 0.25) is 27.7 Å². The second kappa shape index (κ2) is 9.13. The number of carbonyl (C=O) groups is 3. The first kappa shape index (κ1) is 22.6. The molecule has 172 valence electrons. The maximum absolute atomic E-state index is 12.7. The van der Waals surface area contributed by atoms with Crippen molar-refractivity contribution in [1.82, 2.24) is 14.5 Å². The third-order valence-corrected chi connectivity index (χ3v) is 8.22. The first-order valence-corrected chi connectivity index (χ1v) is 12.2. The molecule has 0 aromatic heterocycles. The van der Waals surface area contributed by atoms with Crippen LogP contribution in [0.2, 0.25) is 0 Å². The first-order valence-electron chi connectivity index (χ1n) is 10.8. The summed E-state index contributed by atoms with van der Waals surface area (Å²) in [6.07, 6.45) is 4.87. The fourth-order valence-electron chi connectivity index (χ4n) is 4.38. The maximum atomic E-state index is 12.7. The lowest BCUT2D eigenvalue weighted by atomic mass is 9.85. The largest absolute Gasteiger partial charge is 0.379 e. The van der Waals surface area contributed by atoms with Gasteiger partial charge in [0.25, 0.3) is 0 Å². The standard InChI is InChI=1S/C22H27N3O6S/c1-15(25-21(27)18-4-2-3-5-19(18)22(25)28)20(26)23-14-16-6-8-17(9-7-16)32(29,30)24-10-12-31-13-11-24/h2-3,6-9,15,18-19H,4-5,10-14H2,1H3,(H,23,26)/t15-,18-,19-/m1/s1. The zero-order chi connectivity index (χ0) is 22.9. The Morgan fingerprint density at radius 3 is 2.19 bits per heavy atom. The number of ether oxygens (including phenoxy) is 1. The van der Waals surface area contributed by atoms with Crippen molar-refractivity contribution in [1.29, 1.82) is 0 Å². The molecule has 2 fully saturated rings. The number of benzene rings is 1. The molecule has 0 saturated carbocycles. The lowest BCUT2D eigenvalue weighted by Gasteiger charge is -2.26. The molecule has 3 aliphatic rings. The number of nitrogens with zero attached hydrogens (tertiary/aromatic N) is 2. The zero-order valence-electron chi connectivity index (χ0n) is 17.9. The number of hydrogen-bond donors (Lipinski definition) is 1. The van der Waals surface area contributed by atoms with Gasteiger partial charge in [-0.25, -0.2) is 8.42 Å². The molecule has 0 spiro atoms. The molecule has 2 saturated heterocycles. The number of likely N-dealkylation sites (tertiary alicyclic amines) is 1. The van der Waals surface area contributed by atoms with Crippen molar-refractivity contribution in [2.75, 3.05) is 26.3 Å². The summed E-state index contributed by atoms with van der Waals surface area (Å²) in [5.41, 5.74) is 0.712. The number of sulfonamides is 1. The van der Waals surface area contributed by atoms with Crippen LogP contribution in [0.4, 0.5) is 0 Å². The molecule has 4 rings (SSSR count). The number of allylic oxidation sites excluding steroid dienone is 2. The van der Waals surface area contributed by atoms with Gasteiger partial charge in [-0.15, -0.1) is 0 Å². The van der Waals surface area contributed by atoms with Gasteiger partial charge in [0.15, 0.2) is 0 Å². The van der Waals surface area contributed by atoms with Gasteiger partial charge in [-0.2, -0.15) is 4.31 Å². The fourth-order valence-corrected chi connectivity index (χ4v) is 5.79. The molecule has 1 N–H and O–H groups in total. The van der Waals surface area contributed by atoms with E-state index in [-0.39, 0.29) is 35.1 Å². The number of nitrogens with one attached hydrogen (secondary N) is 1. The van der Waals surface area contributed by atoms with Gasteiger partial charge < -0.3 is 10.1 Å². The predicted octanol–water partition coefficient (Wildman–Crippen LogP) is 0.663. The molecule has 3 atom stereocenters. The number of carbonyl (C=O) groups excluding carboxylic acids is 3. The minimum Gasteiger partial charge on any atom is -0.379 e. The molecular weight excluding hydrogens is 434 g/mol. The number of fused-ring (bicyclic) bond motifs is 1. The van der Waals surface area contributed by atoms with Crippen LogP contribution in [0.25, 0.3) is 0 Å². The Kier molecular flexibility index (Phi) is 6.45. The third kappa shape index (κ3) is 4.22. The Bertz CT molecular complexity index is 1000. The number of imide groups is 1. The van der Waals surface area contributed by atoms with Crippen LogP contribution in [0.5, 0.6) is 0 Å². The summed E-state index contributed by atoms with van der Waals surface area (Å²) in [4.78, 5) is 39.2. The van der Waals surface area contributed by atoms with Crippen LogP contribution >= 0.6 is 0 Å². The van der Waals surface area contributed by atoms with E-state index in [1.807, 2.05) is 12.2 Å². The number of rotatable bonds is 6. The Labute approximate surface area is 187 Å². The molecule has 9 nitrogen and oxygen atoms in total. The Morgan fingerprint density at radius 1 is 1.06 bits per heavy atom. The maximum Gasteiger partial charge on any atom is 0.243 e. The molecule has 0 radical (unpaired) electrons. The summed E-state index contributed by atoms with van der Waals surface area (Å²) in [7, 11) is -3.58. The Morgan fingerprint density at radius 2 is 1.62 bits per heavy atom. The third-order valence-electron chi connectivity index (χ3n) is 6.31. The van der Waals surface area contributed by atoms with Gasteiger partial charge in [-0.3, -0.25) is 19.3 Å². The molecule has 10 heteroatoms. The van der Waals surface area contributed by atoms with E-state index in [0.717, 1.165) is 4.90 Å². The predicted molar refractivity (Wildman–Crippen MR) is 115 cm³/mol. The van der Waals surface area contributed by atoms with E-state index in [1.165, 1.54) is 16.4 Å². The monoisotopic (exact) mass is 461 g/mol. The van der Waals surface area contributed by atoms with Gasteiger partial charge in [0.05, 0.1) is 29.9 Å². The van der Waals surface area contributed by atoms with Crippen LogP contribution in [-0.4, -0.2) is 67.7 Å². The number of hydrogen-bond acceptors (Lipinski definition) is 6. The van der Waals surface area contributed by atoms with Crippen LogP contribution in [0.3, 0.4) is 0 Å². The molecule has 0 unspecified atom stereocenters. The van der Waals surface area contributed by atoms with Crippen molar-refractivity contribution in [2.45, 2.75) is 37.2 Å². The van der Waals surface area contributed by atoms with Crippen LogP contribution in [0, 0.1) is 11.8 Å². The van der Waals surface area contributed by atoms with Gasteiger partial charge in [-0.05, 0) is 37.5 Å². The molecule has 1 aromatic carbocycles. The molecule has 3 amide bonds. The number of morpholine rings is 1. The Hall–Kier alpha value is -2.56. The van der Waals surface area contributed by atoms with E-state index >= 15 is 0 Å². The van der Waals surface area contributed by atoms with E-state index in [4.69, 9.17) is 4.74 Å². The lowest BCUT2D eigenvalue weighted by Crippen LogP contribution is -2.48. The average Bonchev–Trinajstić information content (AvgIpc) is 3.08. The minimum absolute atomic E-state index is 0.158. The van der Waals surface area contributed by atoms with Gasteiger partial charge in [0.1, 0.15) is 6.04 Å². The summed E-state index contributed by atoms with van der Waals surface area (Å²) < 4.78 is 32.0. The van der Waals surface area contributed by atoms with E-state index in [2.05, 4.69) is 5.32 Å². The molecule has 2 aliphatic heterocycles. The molecule has 1 aliphatic carbocycles. The number of amides is 3. The molecule has 0 bridgehead atoms. The van der Waals surface area contributed by atoms with Crippen LogP contribution in [0.1, 0.15) is 25.3 Å². The van der Waals surface area contributed by atoms with Crippen molar-refractivity contribution >= 4 is 27.7 Å². The van der Waals surface area contributed by atoms with Crippen molar-refractivity contribution in [3.8, 4) is 0 Å².